The predicted octanol–water partition coefficient (Wildman–Crippen LogP) is 4.13. The fraction of sp³-hybridized carbons (Fsp3) is 0.435. The molecular formula is C23H25ClN4O2. The Kier molecular flexibility index (Phi) is 5.44. The topological polar surface area (TPSA) is 73.1 Å². The Morgan fingerprint density at radius 1 is 1.07 bits per heavy atom. The molecule has 5 rings (SSSR count). The van der Waals surface area contributed by atoms with Crippen molar-refractivity contribution in [3.8, 4) is 11.6 Å². The number of hydrogen-bond acceptors (Lipinski definition) is 5. The van der Waals surface area contributed by atoms with Crippen LogP contribution in [0.4, 0.5) is 0 Å². The van der Waals surface area contributed by atoms with Crippen LogP contribution in [0.1, 0.15) is 48.8 Å². The molecule has 0 saturated heterocycles. The number of benzene rings is 1. The summed E-state index contributed by atoms with van der Waals surface area (Å²) in [5.74, 6) is 3.10. The molecule has 6 nitrogen and oxygen atoms in total. The number of nitrogens with zero attached hydrogens (tertiary/aromatic N) is 4. The van der Waals surface area contributed by atoms with E-state index in [0.29, 0.717) is 18.2 Å². The zero-order valence-electron chi connectivity index (χ0n) is 16.7. The van der Waals surface area contributed by atoms with Gasteiger partial charge in [0.15, 0.2) is 0 Å². The molecule has 2 aromatic heterocycles. The van der Waals surface area contributed by atoms with E-state index in [4.69, 9.17) is 16.3 Å². The lowest BCUT2D eigenvalue weighted by Gasteiger charge is -2.28. The van der Waals surface area contributed by atoms with Crippen LogP contribution in [0.25, 0.3) is 5.69 Å². The molecule has 0 radical (unpaired) electrons. The first-order valence-corrected chi connectivity index (χ1v) is 11.0. The van der Waals surface area contributed by atoms with Crippen molar-refractivity contribution < 1.29 is 9.84 Å². The third-order valence-corrected chi connectivity index (χ3v) is 6.48. The van der Waals surface area contributed by atoms with E-state index in [2.05, 4.69) is 25.8 Å². The van der Waals surface area contributed by atoms with Crippen molar-refractivity contribution in [1.82, 2.24) is 19.7 Å². The van der Waals surface area contributed by atoms with Gasteiger partial charge in [0.25, 0.3) is 0 Å². The molecule has 1 fully saturated rings. The molecule has 0 amide bonds. The number of aromatic nitrogens is 4. The van der Waals surface area contributed by atoms with Crippen molar-refractivity contribution in [2.45, 2.75) is 50.5 Å². The molecule has 1 atom stereocenters. The van der Waals surface area contributed by atoms with E-state index in [1.165, 1.54) is 0 Å². The quantitative estimate of drug-likeness (QED) is 0.681. The van der Waals surface area contributed by atoms with E-state index in [9.17, 15) is 5.11 Å². The van der Waals surface area contributed by atoms with E-state index >= 15 is 0 Å². The van der Waals surface area contributed by atoms with Crippen LogP contribution in [-0.4, -0.2) is 37.6 Å². The van der Waals surface area contributed by atoms with Gasteiger partial charge in [0, 0.05) is 36.2 Å². The lowest BCUT2D eigenvalue weighted by Crippen LogP contribution is -2.25. The van der Waals surface area contributed by atoms with Crippen LogP contribution in [0.15, 0.2) is 42.6 Å². The Hall–Kier alpha value is -2.44. The minimum Gasteiger partial charge on any atom is -0.474 e. The number of ether oxygens (including phenoxy) is 1. The lowest BCUT2D eigenvalue weighted by molar-refractivity contribution is 0.139. The maximum atomic E-state index is 9.83. The summed E-state index contributed by atoms with van der Waals surface area (Å²) in [6, 6.07) is 11.7. The molecule has 3 heterocycles. The number of fused-ring (bicyclic) bond motifs is 3. The van der Waals surface area contributed by atoms with Crippen LogP contribution in [0.2, 0.25) is 5.02 Å². The molecule has 3 aromatic rings. The Balaban J connectivity index is 1.39. The molecule has 2 aliphatic rings. The minimum absolute atomic E-state index is 0.128. The first kappa shape index (κ1) is 19.5. The van der Waals surface area contributed by atoms with Gasteiger partial charge in [-0.05, 0) is 67.9 Å². The third-order valence-electron chi connectivity index (χ3n) is 6.24. The molecule has 7 heteroatoms. The van der Waals surface area contributed by atoms with Crippen LogP contribution in [-0.2, 0) is 12.8 Å². The number of aliphatic hydroxyl groups is 1. The molecule has 0 spiro atoms. The van der Waals surface area contributed by atoms with Gasteiger partial charge in [-0.25, -0.2) is 4.98 Å². The molecule has 30 heavy (non-hydrogen) atoms. The number of pyridine rings is 1. The summed E-state index contributed by atoms with van der Waals surface area (Å²) < 4.78 is 8.27. The van der Waals surface area contributed by atoms with Crippen molar-refractivity contribution in [1.29, 1.82) is 0 Å². The van der Waals surface area contributed by atoms with Crippen LogP contribution >= 0.6 is 11.6 Å². The van der Waals surface area contributed by atoms with Gasteiger partial charge in [0.05, 0.1) is 5.69 Å². The van der Waals surface area contributed by atoms with Crippen LogP contribution < -0.4 is 4.74 Å². The van der Waals surface area contributed by atoms with Crippen molar-refractivity contribution in [2.24, 2.45) is 5.92 Å². The Morgan fingerprint density at radius 3 is 2.70 bits per heavy atom. The van der Waals surface area contributed by atoms with Crippen LogP contribution in [0.5, 0.6) is 5.88 Å². The molecule has 1 aromatic carbocycles. The molecule has 1 N–H and O–H groups in total. The molecular weight excluding hydrogens is 400 g/mol. The average molecular weight is 425 g/mol. The molecule has 156 valence electrons. The van der Waals surface area contributed by atoms with Crippen molar-refractivity contribution in [3.63, 3.8) is 0 Å². The Morgan fingerprint density at radius 2 is 1.93 bits per heavy atom. The second-order valence-corrected chi connectivity index (χ2v) is 8.74. The summed E-state index contributed by atoms with van der Waals surface area (Å²) in [5.41, 5.74) is 2.24. The van der Waals surface area contributed by atoms with Crippen LogP contribution in [0, 0.1) is 5.92 Å². The summed E-state index contributed by atoms with van der Waals surface area (Å²) in [6.07, 6.45) is 7.40. The summed E-state index contributed by atoms with van der Waals surface area (Å²) in [5, 5.41) is 19.7. The highest BCUT2D eigenvalue weighted by Crippen LogP contribution is 2.37. The summed E-state index contributed by atoms with van der Waals surface area (Å²) in [7, 11) is 0. The first-order chi connectivity index (χ1) is 14.7. The highest BCUT2D eigenvalue weighted by atomic mass is 35.5. The van der Waals surface area contributed by atoms with E-state index in [1.807, 2.05) is 30.3 Å². The van der Waals surface area contributed by atoms with Crippen LogP contribution in [0.3, 0.4) is 0 Å². The largest absolute Gasteiger partial charge is 0.474 e. The van der Waals surface area contributed by atoms with Gasteiger partial charge in [-0.2, -0.15) is 0 Å². The molecule has 1 aliphatic heterocycles. The SMILES string of the molecule is OC[C@@H]1Cc2cc(Cl)ccc2-n2c(nnc2C2CCC(Oc3ccccn3)CC2)C1. The monoisotopic (exact) mass is 424 g/mol. The number of hydrogen-bond donors (Lipinski definition) is 1. The maximum absolute atomic E-state index is 9.83. The van der Waals surface area contributed by atoms with E-state index in [0.717, 1.165) is 60.0 Å². The van der Waals surface area contributed by atoms with Crippen molar-refractivity contribution >= 4 is 11.6 Å². The van der Waals surface area contributed by atoms with Crippen molar-refractivity contribution in [3.05, 3.63) is 64.8 Å². The Bertz CT molecular complexity index is 1020. The summed E-state index contributed by atoms with van der Waals surface area (Å²) in [6.45, 7) is 0.129. The molecule has 1 aliphatic carbocycles. The summed E-state index contributed by atoms with van der Waals surface area (Å²) in [4.78, 5) is 4.28. The van der Waals surface area contributed by atoms with Gasteiger partial charge in [-0.1, -0.05) is 17.7 Å². The highest BCUT2D eigenvalue weighted by Gasteiger charge is 2.31. The van der Waals surface area contributed by atoms with Gasteiger partial charge < -0.3 is 9.84 Å². The second-order valence-electron chi connectivity index (χ2n) is 8.30. The van der Waals surface area contributed by atoms with E-state index < -0.39 is 0 Å². The fourth-order valence-corrected chi connectivity index (χ4v) is 4.92. The molecule has 1 saturated carbocycles. The normalized spacial score (nSPS) is 23.3. The molecule has 0 bridgehead atoms. The summed E-state index contributed by atoms with van der Waals surface area (Å²) >= 11 is 6.27. The lowest BCUT2D eigenvalue weighted by atomic mass is 9.86. The predicted molar refractivity (Wildman–Crippen MR) is 114 cm³/mol. The average Bonchev–Trinajstić information content (AvgIpc) is 3.11. The van der Waals surface area contributed by atoms with Gasteiger partial charge in [0.2, 0.25) is 5.88 Å². The number of aliphatic hydroxyl groups excluding tert-OH is 1. The first-order valence-electron chi connectivity index (χ1n) is 10.6. The zero-order valence-corrected chi connectivity index (χ0v) is 17.5. The van der Waals surface area contributed by atoms with E-state index in [1.54, 1.807) is 6.20 Å². The standard InChI is InChI=1S/C23H25ClN4O2/c24-18-6-9-20-17(13-18)11-15(14-29)12-21-26-27-23(28(20)21)16-4-7-19(8-5-16)30-22-3-1-2-10-25-22/h1-3,6,9-10,13,15-16,19,29H,4-5,7-8,11-12,14H2/t15-,16?,19?/m1/s1. The third kappa shape index (κ3) is 3.82. The van der Waals surface area contributed by atoms with Gasteiger partial charge in [-0.15, -0.1) is 10.2 Å². The zero-order chi connectivity index (χ0) is 20.5. The smallest absolute Gasteiger partial charge is 0.213 e. The van der Waals surface area contributed by atoms with Gasteiger partial charge >= 0.3 is 0 Å². The highest BCUT2D eigenvalue weighted by molar-refractivity contribution is 6.30. The van der Waals surface area contributed by atoms with Gasteiger partial charge in [-0.3, -0.25) is 4.57 Å². The van der Waals surface area contributed by atoms with E-state index in [-0.39, 0.29) is 18.6 Å². The minimum atomic E-state index is 0.128. The maximum Gasteiger partial charge on any atom is 0.213 e. The van der Waals surface area contributed by atoms with Crippen molar-refractivity contribution in [2.75, 3.05) is 6.61 Å². The Labute approximate surface area is 180 Å². The number of rotatable bonds is 4. The second kappa shape index (κ2) is 8.36. The molecule has 0 unspecified atom stereocenters. The van der Waals surface area contributed by atoms with Gasteiger partial charge in [0.1, 0.15) is 17.8 Å². The number of halogens is 1. The fourth-order valence-electron chi connectivity index (χ4n) is 4.72.